The Bertz CT molecular complexity index is 977. The molecule has 178 valence electrons. The minimum atomic E-state index is -0.505. The highest BCUT2D eigenvalue weighted by atomic mass is 16.7. The van der Waals surface area contributed by atoms with Crippen molar-refractivity contribution in [3.05, 3.63) is 30.3 Å². The molecule has 0 unspecified atom stereocenters. The van der Waals surface area contributed by atoms with Gasteiger partial charge in [-0.1, -0.05) is 0 Å². The van der Waals surface area contributed by atoms with Gasteiger partial charge < -0.3 is 39.2 Å². The van der Waals surface area contributed by atoms with Gasteiger partial charge >= 0.3 is 0 Å². The molecule has 0 bridgehead atoms. The van der Waals surface area contributed by atoms with Gasteiger partial charge in [-0.05, 0) is 32.9 Å². The lowest BCUT2D eigenvalue weighted by atomic mass is 10.2. The van der Waals surface area contributed by atoms with Gasteiger partial charge in [-0.25, -0.2) is 0 Å². The third kappa shape index (κ3) is 5.36. The Morgan fingerprint density at radius 3 is 2.52 bits per heavy atom. The van der Waals surface area contributed by atoms with Crippen LogP contribution in [0.3, 0.4) is 0 Å². The van der Waals surface area contributed by atoms with Crippen LogP contribution in [0.4, 0.5) is 17.1 Å². The Balaban J connectivity index is 1.52. The summed E-state index contributed by atoms with van der Waals surface area (Å²) in [5, 5.41) is 6.20. The molecule has 2 heterocycles. The van der Waals surface area contributed by atoms with E-state index in [0.717, 1.165) is 24.5 Å². The summed E-state index contributed by atoms with van der Waals surface area (Å²) in [7, 11) is 0. The molecule has 0 saturated carbocycles. The second-order valence-corrected chi connectivity index (χ2v) is 7.70. The summed E-state index contributed by atoms with van der Waals surface area (Å²) in [6.45, 7) is 9.72. The number of carbonyl (C=O) groups is 1. The minimum absolute atomic E-state index is 0.199. The Kier molecular flexibility index (Phi) is 7.29. The van der Waals surface area contributed by atoms with Crippen molar-refractivity contribution >= 4 is 23.0 Å². The molecule has 2 aliphatic rings. The van der Waals surface area contributed by atoms with Crippen LogP contribution in [0.2, 0.25) is 0 Å². The molecule has 1 saturated heterocycles. The summed E-state index contributed by atoms with van der Waals surface area (Å²) in [5.74, 6) is 2.46. The van der Waals surface area contributed by atoms with Crippen LogP contribution >= 0.6 is 0 Å². The van der Waals surface area contributed by atoms with E-state index in [4.69, 9.17) is 23.7 Å². The van der Waals surface area contributed by atoms with Gasteiger partial charge in [0.25, 0.3) is 0 Å². The topological polar surface area (TPSA) is 90.5 Å². The van der Waals surface area contributed by atoms with E-state index in [1.54, 1.807) is 6.92 Å². The number of hydrogen-bond donors (Lipinski definition) is 2. The fourth-order valence-electron chi connectivity index (χ4n) is 3.79. The van der Waals surface area contributed by atoms with Crippen molar-refractivity contribution in [1.82, 2.24) is 0 Å². The molecule has 2 aromatic carbocycles. The van der Waals surface area contributed by atoms with E-state index in [1.165, 1.54) is 0 Å². The molecule has 0 aromatic heterocycles. The summed E-state index contributed by atoms with van der Waals surface area (Å²) in [5.41, 5.74) is 2.28. The first-order valence-electron chi connectivity index (χ1n) is 11.3. The highest BCUT2D eigenvalue weighted by Gasteiger charge is 2.22. The number of hydrogen-bond acceptors (Lipinski definition) is 8. The predicted octanol–water partition coefficient (Wildman–Crippen LogP) is 3.49. The highest BCUT2D eigenvalue weighted by Crippen LogP contribution is 2.39. The molecule has 4 rings (SSSR count). The van der Waals surface area contributed by atoms with E-state index < -0.39 is 6.04 Å². The number of nitrogens with zero attached hydrogens (tertiary/aromatic N) is 1. The summed E-state index contributed by atoms with van der Waals surface area (Å²) < 4.78 is 28.0. The van der Waals surface area contributed by atoms with Crippen molar-refractivity contribution in [3.8, 4) is 23.0 Å². The third-order valence-corrected chi connectivity index (χ3v) is 5.42. The summed E-state index contributed by atoms with van der Waals surface area (Å²) in [6.07, 6.45) is 0. The van der Waals surface area contributed by atoms with Gasteiger partial charge in [-0.15, -0.1) is 0 Å². The Labute approximate surface area is 193 Å². The largest absolute Gasteiger partial charge is 0.492 e. The Morgan fingerprint density at radius 2 is 1.76 bits per heavy atom. The second kappa shape index (κ2) is 10.5. The molecule has 0 aliphatic carbocycles. The van der Waals surface area contributed by atoms with Gasteiger partial charge in [-0.2, -0.15) is 0 Å². The number of ether oxygens (including phenoxy) is 5. The van der Waals surface area contributed by atoms with Crippen LogP contribution in [-0.4, -0.2) is 58.3 Å². The number of benzene rings is 2. The first-order valence-corrected chi connectivity index (χ1v) is 11.3. The highest BCUT2D eigenvalue weighted by molar-refractivity contribution is 5.98. The van der Waals surface area contributed by atoms with Crippen LogP contribution in [0.15, 0.2) is 30.3 Å². The molecule has 2 aliphatic heterocycles. The van der Waals surface area contributed by atoms with Crippen molar-refractivity contribution in [2.45, 2.75) is 26.8 Å². The molecule has 9 nitrogen and oxygen atoms in total. The van der Waals surface area contributed by atoms with E-state index in [1.807, 2.05) is 44.2 Å². The van der Waals surface area contributed by atoms with E-state index in [0.29, 0.717) is 55.1 Å². The average molecular weight is 458 g/mol. The summed E-state index contributed by atoms with van der Waals surface area (Å²) in [6, 6.07) is 8.76. The molecular weight excluding hydrogens is 426 g/mol. The van der Waals surface area contributed by atoms with Crippen molar-refractivity contribution < 1.29 is 28.5 Å². The van der Waals surface area contributed by atoms with Crippen LogP contribution in [0.5, 0.6) is 23.0 Å². The first kappa shape index (κ1) is 22.8. The zero-order valence-corrected chi connectivity index (χ0v) is 19.3. The summed E-state index contributed by atoms with van der Waals surface area (Å²) >= 11 is 0. The molecule has 33 heavy (non-hydrogen) atoms. The number of rotatable bonds is 9. The van der Waals surface area contributed by atoms with Crippen LogP contribution < -0.4 is 34.5 Å². The molecule has 9 heteroatoms. The fraction of sp³-hybridized carbons (Fsp3) is 0.458. The number of amides is 1. The molecule has 1 amide bonds. The SMILES string of the molecule is CCOc1cc(N2CCOCC2)c(OCC)cc1NC(=O)[C@@H](C)Nc1ccc2c(c1)OCO2. The van der Waals surface area contributed by atoms with Gasteiger partial charge in [0, 0.05) is 37.0 Å². The van der Waals surface area contributed by atoms with Gasteiger partial charge in [0.15, 0.2) is 11.5 Å². The van der Waals surface area contributed by atoms with Gasteiger partial charge in [0.2, 0.25) is 12.7 Å². The van der Waals surface area contributed by atoms with Crippen molar-refractivity contribution in [3.63, 3.8) is 0 Å². The van der Waals surface area contributed by atoms with Crippen LogP contribution in [0, 0.1) is 0 Å². The molecule has 1 atom stereocenters. The van der Waals surface area contributed by atoms with Crippen LogP contribution in [0.25, 0.3) is 0 Å². The van der Waals surface area contributed by atoms with Crippen LogP contribution in [0.1, 0.15) is 20.8 Å². The van der Waals surface area contributed by atoms with Crippen molar-refractivity contribution in [2.24, 2.45) is 0 Å². The minimum Gasteiger partial charge on any atom is -0.492 e. The van der Waals surface area contributed by atoms with Gasteiger partial charge in [0.05, 0.1) is 37.8 Å². The number of anilines is 3. The summed E-state index contributed by atoms with van der Waals surface area (Å²) in [4.78, 5) is 15.2. The van der Waals surface area contributed by atoms with E-state index >= 15 is 0 Å². The maximum Gasteiger partial charge on any atom is 0.246 e. The van der Waals surface area contributed by atoms with Gasteiger partial charge in [0.1, 0.15) is 17.5 Å². The standard InChI is InChI=1S/C24H31N3O6/c1-4-30-21-14-19(27-8-10-29-11-9-27)22(31-5-2)13-18(21)26-24(28)16(3)25-17-6-7-20-23(12-17)33-15-32-20/h6-7,12-14,16,25H,4-5,8-11,15H2,1-3H3,(H,26,28)/t16-/m1/s1. The average Bonchev–Trinajstić information content (AvgIpc) is 3.29. The van der Waals surface area contributed by atoms with E-state index in [-0.39, 0.29) is 12.7 Å². The molecule has 0 radical (unpaired) electrons. The fourth-order valence-corrected chi connectivity index (χ4v) is 3.79. The van der Waals surface area contributed by atoms with Gasteiger partial charge in [-0.3, -0.25) is 4.79 Å². The maximum absolute atomic E-state index is 13.0. The third-order valence-electron chi connectivity index (χ3n) is 5.42. The van der Waals surface area contributed by atoms with Crippen molar-refractivity contribution in [2.75, 3.05) is 61.8 Å². The number of carbonyl (C=O) groups excluding carboxylic acids is 1. The van der Waals surface area contributed by atoms with E-state index in [2.05, 4.69) is 15.5 Å². The zero-order valence-electron chi connectivity index (χ0n) is 19.3. The molecule has 2 N–H and O–H groups in total. The smallest absolute Gasteiger partial charge is 0.246 e. The lowest BCUT2D eigenvalue weighted by molar-refractivity contribution is -0.116. The Hall–Kier alpha value is -3.33. The monoisotopic (exact) mass is 457 g/mol. The normalized spacial score (nSPS) is 15.7. The lowest BCUT2D eigenvalue weighted by Crippen LogP contribution is -2.36. The maximum atomic E-state index is 13.0. The van der Waals surface area contributed by atoms with Crippen molar-refractivity contribution in [1.29, 1.82) is 0 Å². The van der Waals surface area contributed by atoms with Crippen LogP contribution in [-0.2, 0) is 9.53 Å². The molecular formula is C24H31N3O6. The van der Waals surface area contributed by atoms with E-state index in [9.17, 15) is 4.79 Å². The quantitative estimate of drug-likeness (QED) is 0.592. The first-order chi connectivity index (χ1) is 16.1. The lowest BCUT2D eigenvalue weighted by Gasteiger charge is -2.31. The molecule has 0 spiro atoms. The molecule has 1 fully saturated rings. The predicted molar refractivity (Wildman–Crippen MR) is 126 cm³/mol. The molecule has 2 aromatic rings. The zero-order chi connectivity index (χ0) is 23.2. The number of morpholine rings is 1. The Morgan fingerprint density at radius 1 is 1.03 bits per heavy atom. The number of nitrogens with one attached hydrogen (secondary N) is 2. The number of fused-ring (bicyclic) bond motifs is 1. The second-order valence-electron chi connectivity index (χ2n) is 7.70.